The molecule has 1 unspecified atom stereocenters. The second kappa shape index (κ2) is 6.55. The summed E-state index contributed by atoms with van der Waals surface area (Å²) in [5.41, 5.74) is 5.10. The van der Waals surface area contributed by atoms with Crippen LogP contribution in [0.4, 0.5) is 8.78 Å². The number of halogens is 2. The van der Waals surface area contributed by atoms with Gasteiger partial charge in [0.25, 0.3) is 6.43 Å². The Morgan fingerprint density at radius 1 is 1.54 bits per heavy atom. The van der Waals surface area contributed by atoms with E-state index in [0.29, 0.717) is 0 Å². The average molecular weight is 197 g/mol. The van der Waals surface area contributed by atoms with Gasteiger partial charge >= 0.3 is 0 Å². The molecule has 0 fully saturated rings. The molecule has 5 nitrogen and oxygen atoms in total. The third kappa shape index (κ3) is 6.23. The monoisotopic (exact) mass is 197 g/mol. The summed E-state index contributed by atoms with van der Waals surface area (Å²) in [7, 11) is 0. The Balaban J connectivity index is 3.36. The van der Waals surface area contributed by atoms with Crippen molar-refractivity contribution in [3.63, 3.8) is 0 Å². The molecule has 1 atom stereocenters. The summed E-state index contributed by atoms with van der Waals surface area (Å²) in [6, 6.07) is 0. The number of aliphatic hydroxyl groups excluding tert-OH is 1. The van der Waals surface area contributed by atoms with E-state index in [-0.39, 0.29) is 25.3 Å². The van der Waals surface area contributed by atoms with Crippen molar-refractivity contribution in [2.45, 2.75) is 19.0 Å². The van der Waals surface area contributed by atoms with E-state index >= 15 is 0 Å². The maximum atomic E-state index is 11.7. The lowest BCUT2D eigenvalue weighted by Gasteiger charge is -2.09. The van der Waals surface area contributed by atoms with Crippen molar-refractivity contribution >= 4 is 5.84 Å². The summed E-state index contributed by atoms with van der Waals surface area (Å²) < 4.78 is 23.4. The van der Waals surface area contributed by atoms with E-state index < -0.39 is 12.5 Å². The van der Waals surface area contributed by atoms with Crippen LogP contribution in [0.5, 0.6) is 0 Å². The Morgan fingerprint density at radius 3 is 2.62 bits per heavy atom. The molecule has 0 heterocycles. The molecule has 0 aliphatic rings. The van der Waals surface area contributed by atoms with Crippen molar-refractivity contribution < 1.29 is 19.1 Å². The molecule has 0 saturated carbocycles. The van der Waals surface area contributed by atoms with Crippen molar-refractivity contribution in [3.8, 4) is 0 Å². The molecular weight excluding hydrogens is 184 g/mol. The molecule has 0 bridgehead atoms. The van der Waals surface area contributed by atoms with Gasteiger partial charge in [-0.2, -0.15) is 0 Å². The van der Waals surface area contributed by atoms with Gasteiger partial charge in [0.05, 0.1) is 0 Å². The lowest BCUT2D eigenvalue weighted by Crippen LogP contribution is -2.33. The van der Waals surface area contributed by atoms with Crippen molar-refractivity contribution in [3.05, 3.63) is 0 Å². The van der Waals surface area contributed by atoms with E-state index in [1.165, 1.54) is 0 Å². The fourth-order valence-corrected chi connectivity index (χ4v) is 0.605. The number of alkyl halides is 2. The lowest BCUT2D eigenvalue weighted by molar-refractivity contribution is -0.00304. The minimum atomic E-state index is -2.75. The van der Waals surface area contributed by atoms with Gasteiger partial charge in [0.2, 0.25) is 0 Å². The molecule has 0 aliphatic carbocycles. The van der Waals surface area contributed by atoms with E-state index in [0.717, 1.165) is 0 Å². The number of nitrogens with two attached hydrogens (primary N) is 1. The third-order valence-corrected chi connectivity index (χ3v) is 1.33. The molecule has 7 heteroatoms. The molecule has 0 aromatic carbocycles. The molecular formula is C6H13F2N3O2. The van der Waals surface area contributed by atoms with Crippen molar-refractivity contribution in [2.24, 2.45) is 10.9 Å². The number of aliphatic hydroxyl groups is 1. The predicted molar refractivity (Wildman–Crippen MR) is 42.9 cm³/mol. The normalized spacial score (nSPS) is 14.9. The number of amidine groups is 1. The number of nitrogens with one attached hydrogen (secondary N) is 1. The highest BCUT2D eigenvalue weighted by Crippen LogP contribution is 1.98. The molecule has 13 heavy (non-hydrogen) atoms. The standard InChI is InChI=1S/C6H13F2N3O2/c7-6(8)4(12)3-10-2-1-5(9)11-13/h4,6,10,12-13H,1-3H2,(H2,9,11). The van der Waals surface area contributed by atoms with Crippen LogP contribution in [0.25, 0.3) is 0 Å². The fourth-order valence-electron chi connectivity index (χ4n) is 0.605. The highest BCUT2D eigenvalue weighted by molar-refractivity contribution is 5.79. The van der Waals surface area contributed by atoms with Crippen molar-refractivity contribution in [1.29, 1.82) is 0 Å². The van der Waals surface area contributed by atoms with Crippen LogP contribution >= 0.6 is 0 Å². The SMILES string of the molecule is NC(CCNCC(O)C(F)F)=NO. The van der Waals surface area contributed by atoms with Crippen LogP contribution in [0.15, 0.2) is 5.16 Å². The fraction of sp³-hybridized carbons (Fsp3) is 0.833. The summed E-state index contributed by atoms with van der Waals surface area (Å²) >= 11 is 0. The largest absolute Gasteiger partial charge is 0.409 e. The Hall–Kier alpha value is -0.950. The van der Waals surface area contributed by atoms with Crippen LogP contribution in [0.1, 0.15) is 6.42 Å². The number of nitrogens with zero attached hydrogens (tertiary/aromatic N) is 1. The van der Waals surface area contributed by atoms with Crippen LogP contribution in [-0.2, 0) is 0 Å². The highest BCUT2D eigenvalue weighted by Gasteiger charge is 2.15. The summed E-state index contributed by atoms with van der Waals surface area (Å²) in [4.78, 5) is 0. The van der Waals surface area contributed by atoms with Crippen LogP contribution in [0, 0.1) is 0 Å². The first-order valence-electron chi connectivity index (χ1n) is 3.71. The minimum Gasteiger partial charge on any atom is -0.409 e. The molecule has 0 radical (unpaired) electrons. The maximum absolute atomic E-state index is 11.7. The van der Waals surface area contributed by atoms with E-state index in [1.54, 1.807) is 0 Å². The molecule has 0 spiro atoms. The second-order valence-electron chi connectivity index (χ2n) is 2.45. The van der Waals surface area contributed by atoms with Gasteiger partial charge < -0.3 is 21.4 Å². The lowest BCUT2D eigenvalue weighted by atomic mass is 10.3. The highest BCUT2D eigenvalue weighted by atomic mass is 19.3. The van der Waals surface area contributed by atoms with E-state index in [1.807, 2.05) is 0 Å². The van der Waals surface area contributed by atoms with E-state index in [9.17, 15) is 8.78 Å². The molecule has 0 aromatic heterocycles. The predicted octanol–water partition coefficient (Wildman–Crippen LogP) is -0.662. The molecule has 0 rings (SSSR count). The van der Waals surface area contributed by atoms with Crippen LogP contribution < -0.4 is 11.1 Å². The van der Waals surface area contributed by atoms with Gasteiger partial charge in [-0.15, -0.1) is 0 Å². The van der Waals surface area contributed by atoms with Gasteiger partial charge in [-0.1, -0.05) is 5.16 Å². The molecule has 5 N–H and O–H groups in total. The van der Waals surface area contributed by atoms with Crippen LogP contribution in [0.3, 0.4) is 0 Å². The first-order valence-corrected chi connectivity index (χ1v) is 3.71. The Kier molecular flexibility index (Phi) is 6.07. The molecule has 0 aliphatic heterocycles. The zero-order valence-corrected chi connectivity index (χ0v) is 6.95. The van der Waals surface area contributed by atoms with Gasteiger partial charge in [-0.05, 0) is 0 Å². The third-order valence-electron chi connectivity index (χ3n) is 1.33. The topological polar surface area (TPSA) is 90.9 Å². The van der Waals surface area contributed by atoms with E-state index in [4.69, 9.17) is 16.0 Å². The Labute approximate surface area is 74.2 Å². The summed E-state index contributed by atoms with van der Waals surface area (Å²) in [6.07, 6.45) is -4.18. The van der Waals surface area contributed by atoms with Gasteiger partial charge in [0.15, 0.2) is 0 Å². The first-order chi connectivity index (χ1) is 6.07. The molecule has 0 amide bonds. The smallest absolute Gasteiger partial charge is 0.265 e. The summed E-state index contributed by atoms with van der Waals surface area (Å²) in [6.45, 7) is 0.0655. The number of rotatable bonds is 6. The number of oxime groups is 1. The minimum absolute atomic E-state index is 0.0130. The summed E-state index contributed by atoms with van der Waals surface area (Å²) in [5.74, 6) is 0.0130. The van der Waals surface area contributed by atoms with E-state index in [2.05, 4.69) is 10.5 Å². The molecule has 0 aromatic rings. The zero-order valence-electron chi connectivity index (χ0n) is 6.95. The second-order valence-corrected chi connectivity index (χ2v) is 2.45. The number of hydrogen-bond acceptors (Lipinski definition) is 4. The number of hydrogen-bond donors (Lipinski definition) is 4. The van der Waals surface area contributed by atoms with Crippen LogP contribution in [0.2, 0.25) is 0 Å². The maximum Gasteiger partial charge on any atom is 0.265 e. The van der Waals surface area contributed by atoms with Crippen molar-refractivity contribution in [1.82, 2.24) is 5.32 Å². The zero-order chi connectivity index (χ0) is 10.3. The van der Waals surface area contributed by atoms with Crippen LogP contribution in [-0.4, -0.2) is 41.8 Å². The molecule has 78 valence electrons. The van der Waals surface area contributed by atoms with Gasteiger partial charge in [0, 0.05) is 19.5 Å². The van der Waals surface area contributed by atoms with Gasteiger partial charge in [-0.25, -0.2) is 8.78 Å². The first kappa shape index (κ1) is 12.0. The quantitative estimate of drug-likeness (QED) is 0.149. The molecule has 0 saturated heterocycles. The Morgan fingerprint density at radius 2 is 2.15 bits per heavy atom. The van der Waals surface area contributed by atoms with Gasteiger partial charge in [0.1, 0.15) is 11.9 Å². The summed E-state index contributed by atoms with van der Waals surface area (Å²) in [5, 5.41) is 21.9. The van der Waals surface area contributed by atoms with Crippen molar-refractivity contribution in [2.75, 3.05) is 13.1 Å². The van der Waals surface area contributed by atoms with Gasteiger partial charge in [-0.3, -0.25) is 0 Å². The Bertz CT molecular complexity index is 166. The average Bonchev–Trinajstić information content (AvgIpc) is 2.11.